The van der Waals surface area contributed by atoms with E-state index in [1.54, 1.807) is 25.3 Å². The van der Waals surface area contributed by atoms with Crippen LogP contribution in [0.1, 0.15) is 44.2 Å². The molecule has 0 radical (unpaired) electrons. The lowest BCUT2D eigenvalue weighted by Gasteiger charge is -2.17. The average Bonchev–Trinajstić information content (AvgIpc) is 3.02. The van der Waals surface area contributed by atoms with Crippen molar-refractivity contribution < 1.29 is 9.47 Å². The molecule has 9 heteroatoms. The van der Waals surface area contributed by atoms with Gasteiger partial charge in [-0.25, -0.2) is 4.98 Å². The Morgan fingerprint density at radius 2 is 1.72 bits per heavy atom. The van der Waals surface area contributed by atoms with Gasteiger partial charge < -0.3 is 20.1 Å². The number of pyridine rings is 1. The van der Waals surface area contributed by atoms with Crippen molar-refractivity contribution in [2.24, 2.45) is 0 Å². The minimum atomic E-state index is 0.163. The lowest BCUT2D eigenvalue weighted by molar-refractivity contribution is 0.415. The monoisotopic (exact) mass is 454 g/mol. The standard InChI is InChI=1S/C23H27ClN6O2/c1-15-8-7-11-20(25-15)32-23-29-21(26-16-9-5-3-4-6-10-16)28-22(30-23)27-17-12-13-19(31-2)18(24)14-17/h7-8,11-14,16H,3-6,9-10H2,1-2H3,(H2,26,27,28,29,30). The third-order valence-corrected chi connectivity index (χ3v) is 5.57. The van der Waals surface area contributed by atoms with Gasteiger partial charge in [-0.3, -0.25) is 0 Å². The lowest BCUT2D eigenvalue weighted by atomic mass is 10.1. The van der Waals surface area contributed by atoms with Gasteiger partial charge in [0, 0.05) is 23.5 Å². The molecule has 0 saturated heterocycles. The number of aromatic nitrogens is 4. The van der Waals surface area contributed by atoms with Crippen LogP contribution in [0.4, 0.5) is 17.6 Å². The van der Waals surface area contributed by atoms with Crippen LogP contribution in [-0.2, 0) is 0 Å². The molecule has 0 unspecified atom stereocenters. The van der Waals surface area contributed by atoms with Crippen molar-refractivity contribution in [3.8, 4) is 17.6 Å². The van der Waals surface area contributed by atoms with E-state index < -0.39 is 0 Å². The van der Waals surface area contributed by atoms with Gasteiger partial charge in [-0.1, -0.05) is 43.4 Å². The number of aryl methyl sites for hydroxylation is 1. The largest absolute Gasteiger partial charge is 0.495 e. The highest BCUT2D eigenvalue weighted by Crippen LogP contribution is 2.29. The SMILES string of the molecule is COc1ccc(Nc2nc(NC3CCCCCC3)nc(Oc3cccc(C)n3)n2)cc1Cl. The summed E-state index contributed by atoms with van der Waals surface area (Å²) >= 11 is 6.26. The first kappa shape index (κ1) is 22.1. The van der Waals surface area contributed by atoms with Gasteiger partial charge in [0.05, 0.1) is 12.1 Å². The normalized spacial score (nSPS) is 14.5. The third kappa shape index (κ3) is 5.97. The van der Waals surface area contributed by atoms with Gasteiger partial charge >= 0.3 is 6.01 Å². The van der Waals surface area contributed by atoms with Crippen molar-refractivity contribution in [3.05, 3.63) is 47.1 Å². The average molecular weight is 455 g/mol. The Hall–Kier alpha value is -3.13. The fourth-order valence-electron chi connectivity index (χ4n) is 3.67. The van der Waals surface area contributed by atoms with E-state index in [2.05, 4.69) is 30.6 Å². The zero-order chi connectivity index (χ0) is 22.3. The fraction of sp³-hybridized carbons (Fsp3) is 0.391. The Morgan fingerprint density at radius 1 is 0.938 bits per heavy atom. The summed E-state index contributed by atoms with van der Waals surface area (Å²) in [5, 5.41) is 7.14. The summed E-state index contributed by atoms with van der Waals surface area (Å²) in [5.74, 6) is 1.84. The van der Waals surface area contributed by atoms with Gasteiger partial charge in [-0.2, -0.15) is 15.0 Å². The van der Waals surface area contributed by atoms with Gasteiger partial charge in [0.25, 0.3) is 0 Å². The van der Waals surface area contributed by atoms with Crippen LogP contribution in [0.2, 0.25) is 5.02 Å². The lowest BCUT2D eigenvalue weighted by Crippen LogP contribution is -2.20. The topological polar surface area (TPSA) is 94.1 Å². The molecule has 1 aromatic carbocycles. The highest BCUT2D eigenvalue weighted by Gasteiger charge is 2.16. The van der Waals surface area contributed by atoms with Crippen molar-refractivity contribution >= 4 is 29.2 Å². The second kappa shape index (κ2) is 10.5. The number of methoxy groups -OCH3 is 1. The number of hydrogen-bond acceptors (Lipinski definition) is 8. The number of ether oxygens (including phenoxy) is 2. The quantitative estimate of drug-likeness (QED) is 0.425. The fourth-order valence-corrected chi connectivity index (χ4v) is 3.93. The summed E-state index contributed by atoms with van der Waals surface area (Å²) in [4.78, 5) is 17.9. The first-order chi connectivity index (χ1) is 15.6. The van der Waals surface area contributed by atoms with Crippen molar-refractivity contribution in [3.63, 3.8) is 0 Å². The van der Waals surface area contributed by atoms with Gasteiger partial charge in [0.15, 0.2) is 0 Å². The van der Waals surface area contributed by atoms with Crippen LogP contribution >= 0.6 is 11.6 Å². The number of rotatable bonds is 7. The molecular weight excluding hydrogens is 428 g/mol. The van der Waals surface area contributed by atoms with Crippen LogP contribution in [-0.4, -0.2) is 33.1 Å². The molecule has 0 spiro atoms. The second-order valence-corrected chi connectivity index (χ2v) is 8.20. The number of halogens is 1. The molecule has 32 heavy (non-hydrogen) atoms. The third-order valence-electron chi connectivity index (χ3n) is 5.27. The number of hydrogen-bond donors (Lipinski definition) is 2. The maximum absolute atomic E-state index is 6.26. The first-order valence-corrected chi connectivity index (χ1v) is 11.2. The molecule has 1 aliphatic carbocycles. The van der Waals surface area contributed by atoms with Crippen molar-refractivity contribution in [1.29, 1.82) is 0 Å². The highest BCUT2D eigenvalue weighted by molar-refractivity contribution is 6.32. The molecule has 0 amide bonds. The summed E-state index contributed by atoms with van der Waals surface area (Å²) < 4.78 is 11.1. The molecule has 0 atom stereocenters. The summed E-state index contributed by atoms with van der Waals surface area (Å²) in [6.45, 7) is 1.90. The van der Waals surface area contributed by atoms with Gasteiger partial charge in [0.2, 0.25) is 17.8 Å². The molecule has 8 nitrogen and oxygen atoms in total. The van der Waals surface area contributed by atoms with Crippen molar-refractivity contribution in [2.45, 2.75) is 51.5 Å². The van der Waals surface area contributed by atoms with Crippen molar-refractivity contribution in [1.82, 2.24) is 19.9 Å². The summed E-state index contributed by atoms with van der Waals surface area (Å²) in [6.07, 6.45) is 7.14. The molecule has 1 fully saturated rings. The molecule has 1 aliphatic rings. The first-order valence-electron chi connectivity index (χ1n) is 10.8. The zero-order valence-electron chi connectivity index (χ0n) is 18.3. The van der Waals surface area contributed by atoms with E-state index in [4.69, 9.17) is 21.1 Å². The van der Waals surface area contributed by atoms with Crippen LogP contribution in [0.25, 0.3) is 0 Å². The van der Waals surface area contributed by atoms with Gasteiger partial charge in [-0.05, 0) is 44.0 Å². The predicted octanol–water partition coefficient (Wildman–Crippen LogP) is 5.91. The van der Waals surface area contributed by atoms with E-state index in [9.17, 15) is 0 Å². The molecular formula is C23H27ClN6O2. The Bertz CT molecular complexity index is 1060. The summed E-state index contributed by atoms with van der Waals surface area (Å²) in [6, 6.07) is 11.4. The van der Waals surface area contributed by atoms with Crippen LogP contribution < -0.4 is 20.1 Å². The predicted molar refractivity (Wildman–Crippen MR) is 125 cm³/mol. The summed E-state index contributed by atoms with van der Waals surface area (Å²) in [5.41, 5.74) is 1.57. The molecule has 4 rings (SSSR count). The molecule has 168 valence electrons. The van der Waals surface area contributed by atoms with E-state index in [0.29, 0.717) is 34.6 Å². The van der Waals surface area contributed by atoms with E-state index in [-0.39, 0.29) is 6.01 Å². The van der Waals surface area contributed by atoms with Gasteiger partial charge in [-0.15, -0.1) is 0 Å². The van der Waals surface area contributed by atoms with Crippen LogP contribution in [0.5, 0.6) is 17.6 Å². The minimum Gasteiger partial charge on any atom is -0.495 e. The van der Waals surface area contributed by atoms with Crippen LogP contribution in [0, 0.1) is 6.92 Å². The van der Waals surface area contributed by atoms with Crippen LogP contribution in [0.15, 0.2) is 36.4 Å². The van der Waals surface area contributed by atoms with E-state index in [0.717, 1.165) is 24.2 Å². The molecule has 3 aromatic rings. The smallest absolute Gasteiger partial charge is 0.329 e. The van der Waals surface area contributed by atoms with Gasteiger partial charge in [0.1, 0.15) is 5.75 Å². The Balaban J connectivity index is 1.60. The second-order valence-electron chi connectivity index (χ2n) is 7.79. The summed E-state index contributed by atoms with van der Waals surface area (Å²) in [7, 11) is 1.58. The van der Waals surface area contributed by atoms with Crippen LogP contribution in [0.3, 0.4) is 0 Å². The maximum Gasteiger partial charge on any atom is 0.329 e. The number of nitrogens with zero attached hydrogens (tertiary/aromatic N) is 4. The number of nitrogens with one attached hydrogen (secondary N) is 2. The highest BCUT2D eigenvalue weighted by atomic mass is 35.5. The van der Waals surface area contributed by atoms with Crippen molar-refractivity contribution in [2.75, 3.05) is 17.7 Å². The molecule has 2 heterocycles. The minimum absolute atomic E-state index is 0.163. The maximum atomic E-state index is 6.26. The molecule has 2 aromatic heterocycles. The molecule has 1 saturated carbocycles. The molecule has 0 bridgehead atoms. The molecule has 0 aliphatic heterocycles. The Kier molecular flexibility index (Phi) is 7.21. The Labute approximate surface area is 192 Å². The van der Waals surface area contributed by atoms with E-state index in [1.165, 1.54) is 25.7 Å². The van der Waals surface area contributed by atoms with E-state index >= 15 is 0 Å². The number of anilines is 3. The molecule has 2 N–H and O–H groups in total. The van der Waals surface area contributed by atoms with E-state index in [1.807, 2.05) is 25.1 Å². The Morgan fingerprint density at radius 3 is 2.44 bits per heavy atom. The zero-order valence-corrected chi connectivity index (χ0v) is 19.0. The number of benzene rings is 1.